The Kier molecular flexibility index (Phi) is 6.69. The molecule has 3 aromatic rings. The molecule has 8 heteroatoms. The highest BCUT2D eigenvalue weighted by molar-refractivity contribution is 7.18. The largest absolute Gasteiger partial charge is 0.466 e. The van der Waals surface area contributed by atoms with Crippen molar-refractivity contribution in [1.82, 2.24) is 14.9 Å². The monoisotopic (exact) mass is 453 g/mol. The minimum Gasteiger partial charge on any atom is -0.466 e. The second kappa shape index (κ2) is 9.65. The van der Waals surface area contributed by atoms with Gasteiger partial charge in [-0.25, -0.2) is 4.98 Å². The number of carbonyl (C=O) groups excluding carboxylic acids is 2. The number of nitrogens with one attached hydrogen (secondary N) is 1. The van der Waals surface area contributed by atoms with Crippen molar-refractivity contribution in [2.45, 2.75) is 52.0 Å². The van der Waals surface area contributed by atoms with E-state index in [0.29, 0.717) is 35.6 Å². The molecule has 1 atom stereocenters. The summed E-state index contributed by atoms with van der Waals surface area (Å²) >= 11 is 1.47. The van der Waals surface area contributed by atoms with E-state index in [1.54, 1.807) is 13.8 Å². The fraction of sp³-hybridized carbons (Fsp3) is 0.417. The van der Waals surface area contributed by atoms with Crippen LogP contribution in [-0.4, -0.2) is 34.6 Å². The molecule has 0 saturated carbocycles. The van der Waals surface area contributed by atoms with Gasteiger partial charge in [0.1, 0.15) is 17.2 Å². The van der Waals surface area contributed by atoms with Crippen LogP contribution in [0.1, 0.15) is 47.5 Å². The Bertz CT molecular complexity index is 1200. The number of rotatable bonds is 7. The molecule has 0 saturated heterocycles. The summed E-state index contributed by atoms with van der Waals surface area (Å²) < 4.78 is 6.67. The Hall–Kier alpha value is -3.00. The predicted octanol–water partition coefficient (Wildman–Crippen LogP) is 3.11. The van der Waals surface area contributed by atoms with Gasteiger partial charge in [-0.2, -0.15) is 0 Å². The molecule has 0 bridgehead atoms. The van der Waals surface area contributed by atoms with Crippen LogP contribution in [0.4, 0.5) is 0 Å². The summed E-state index contributed by atoms with van der Waals surface area (Å²) in [5.41, 5.74) is 1.63. The van der Waals surface area contributed by atoms with E-state index in [1.165, 1.54) is 15.9 Å². The fourth-order valence-corrected chi connectivity index (χ4v) is 5.58. The molecule has 1 unspecified atom stereocenters. The zero-order valence-electron chi connectivity index (χ0n) is 18.3. The summed E-state index contributed by atoms with van der Waals surface area (Å²) in [7, 11) is 0. The summed E-state index contributed by atoms with van der Waals surface area (Å²) in [5.74, 6) is -0.485. The van der Waals surface area contributed by atoms with Crippen LogP contribution in [0.25, 0.3) is 10.2 Å². The first kappa shape index (κ1) is 22.2. The third-order valence-electron chi connectivity index (χ3n) is 5.81. The van der Waals surface area contributed by atoms with Crippen LogP contribution in [0.2, 0.25) is 0 Å². The van der Waals surface area contributed by atoms with Crippen LogP contribution < -0.4 is 10.9 Å². The normalized spacial score (nSPS) is 15.4. The number of aryl methyl sites for hydroxylation is 2. The van der Waals surface area contributed by atoms with Crippen LogP contribution in [0.3, 0.4) is 0 Å². The summed E-state index contributed by atoms with van der Waals surface area (Å²) in [6, 6.07) is 9.91. The topological polar surface area (TPSA) is 90.3 Å². The number of benzene rings is 1. The van der Waals surface area contributed by atoms with Gasteiger partial charge in [-0.3, -0.25) is 19.0 Å². The van der Waals surface area contributed by atoms with Crippen LogP contribution in [-0.2, 0) is 33.7 Å². The van der Waals surface area contributed by atoms with Gasteiger partial charge in [-0.05, 0) is 50.7 Å². The van der Waals surface area contributed by atoms with E-state index in [-0.39, 0.29) is 24.0 Å². The third kappa shape index (κ3) is 4.46. The minimum atomic E-state index is -0.446. The van der Waals surface area contributed by atoms with E-state index in [1.807, 2.05) is 30.3 Å². The average Bonchev–Trinajstić information content (AvgIpc) is 3.15. The van der Waals surface area contributed by atoms with Gasteiger partial charge in [0.05, 0.1) is 17.9 Å². The van der Waals surface area contributed by atoms with Crippen molar-refractivity contribution in [2.24, 2.45) is 0 Å². The smallest absolute Gasteiger partial charge is 0.313 e. The molecule has 32 heavy (non-hydrogen) atoms. The molecule has 0 fully saturated rings. The lowest BCUT2D eigenvalue weighted by molar-refractivity contribution is -0.145. The number of carbonyl (C=O) groups is 2. The fourth-order valence-electron chi connectivity index (χ4n) is 4.27. The second-order valence-electron chi connectivity index (χ2n) is 7.95. The molecule has 2 aromatic heterocycles. The van der Waals surface area contributed by atoms with Crippen molar-refractivity contribution in [3.8, 4) is 0 Å². The Morgan fingerprint density at radius 2 is 2.06 bits per heavy atom. The Labute approximate surface area is 190 Å². The van der Waals surface area contributed by atoms with Crippen molar-refractivity contribution in [2.75, 3.05) is 13.2 Å². The number of esters is 1. The molecule has 1 aromatic carbocycles. The molecule has 0 spiro atoms. The number of aromatic nitrogens is 2. The molecule has 1 amide bonds. The number of amides is 1. The molecule has 2 heterocycles. The Morgan fingerprint density at radius 3 is 2.81 bits per heavy atom. The van der Waals surface area contributed by atoms with Crippen LogP contribution >= 0.6 is 11.3 Å². The predicted molar refractivity (Wildman–Crippen MR) is 124 cm³/mol. The second-order valence-corrected chi connectivity index (χ2v) is 9.04. The highest BCUT2D eigenvalue weighted by Gasteiger charge is 2.33. The molecule has 1 aliphatic rings. The van der Waals surface area contributed by atoms with Crippen LogP contribution in [0, 0.1) is 6.92 Å². The first-order chi connectivity index (χ1) is 15.5. The van der Waals surface area contributed by atoms with Crippen molar-refractivity contribution < 1.29 is 14.3 Å². The van der Waals surface area contributed by atoms with Crippen LogP contribution in [0.5, 0.6) is 0 Å². The molecular weight excluding hydrogens is 426 g/mol. The van der Waals surface area contributed by atoms with E-state index < -0.39 is 5.92 Å². The van der Waals surface area contributed by atoms with Crippen molar-refractivity contribution in [3.05, 3.63) is 62.5 Å². The van der Waals surface area contributed by atoms with Crippen molar-refractivity contribution >= 4 is 33.4 Å². The van der Waals surface area contributed by atoms with E-state index >= 15 is 0 Å². The summed E-state index contributed by atoms with van der Waals surface area (Å²) in [5, 5.41) is 3.35. The average molecular weight is 454 g/mol. The summed E-state index contributed by atoms with van der Waals surface area (Å²) in [6.07, 6.45) is 3.08. The van der Waals surface area contributed by atoms with Gasteiger partial charge in [0.25, 0.3) is 5.56 Å². The quantitative estimate of drug-likeness (QED) is 0.555. The van der Waals surface area contributed by atoms with E-state index in [0.717, 1.165) is 35.3 Å². The van der Waals surface area contributed by atoms with Gasteiger partial charge in [-0.15, -0.1) is 11.3 Å². The molecular formula is C24H27N3O4S. The van der Waals surface area contributed by atoms with Gasteiger partial charge in [0, 0.05) is 11.4 Å². The molecule has 7 nitrogen and oxygen atoms in total. The van der Waals surface area contributed by atoms with Crippen LogP contribution in [0.15, 0.2) is 35.1 Å². The molecule has 1 aliphatic carbocycles. The maximum Gasteiger partial charge on any atom is 0.313 e. The number of nitrogens with zero attached hydrogens (tertiary/aromatic N) is 2. The van der Waals surface area contributed by atoms with Gasteiger partial charge >= 0.3 is 5.97 Å². The first-order valence-corrected chi connectivity index (χ1v) is 11.8. The number of ether oxygens (including phenoxy) is 1. The summed E-state index contributed by atoms with van der Waals surface area (Å²) in [4.78, 5) is 44.8. The molecule has 4 rings (SSSR count). The molecule has 1 N–H and O–H groups in total. The Morgan fingerprint density at radius 1 is 1.28 bits per heavy atom. The van der Waals surface area contributed by atoms with Gasteiger partial charge in [-0.1, -0.05) is 30.3 Å². The van der Waals surface area contributed by atoms with Crippen molar-refractivity contribution in [3.63, 3.8) is 0 Å². The first-order valence-electron chi connectivity index (χ1n) is 11.0. The highest BCUT2D eigenvalue weighted by atomic mass is 32.1. The third-order valence-corrected chi connectivity index (χ3v) is 6.97. The number of hydrogen-bond donors (Lipinski definition) is 1. The zero-order valence-corrected chi connectivity index (χ0v) is 19.2. The van der Waals surface area contributed by atoms with Gasteiger partial charge in [0.2, 0.25) is 5.91 Å². The minimum absolute atomic E-state index is 0.100. The highest BCUT2D eigenvalue weighted by Crippen LogP contribution is 2.41. The van der Waals surface area contributed by atoms with Gasteiger partial charge < -0.3 is 10.1 Å². The van der Waals surface area contributed by atoms with E-state index in [2.05, 4.69) is 10.3 Å². The van der Waals surface area contributed by atoms with E-state index in [4.69, 9.17) is 4.74 Å². The lowest BCUT2D eigenvalue weighted by Crippen LogP contribution is -2.35. The molecule has 0 aliphatic heterocycles. The number of thiophene rings is 1. The molecule has 0 radical (unpaired) electrons. The maximum absolute atomic E-state index is 13.4. The molecule has 168 valence electrons. The SMILES string of the molecule is CCOC(=O)C1CCCc2sc3nc(C)n(CC(=O)NCCc4ccccc4)c(=O)c3c21. The van der Waals surface area contributed by atoms with Crippen molar-refractivity contribution in [1.29, 1.82) is 0 Å². The number of fused-ring (bicyclic) bond motifs is 3. The van der Waals surface area contributed by atoms with Gasteiger partial charge in [0.15, 0.2) is 0 Å². The lowest BCUT2D eigenvalue weighted by Gasteiger charge is -2.21. The number of hydrogen-bond acceptors (Lipinski definition) is 6. The standard InChI is InChI=1S/C24H27N3O4S/c1-3-31-24(30)17-10-7-11-18-20(17)21-22(32-18)26-15(2)27(23(21)29)14-19(28)25-13-12-16-8-5-4-6-9-16/h4-6,8-9,17H,3,7,10-14H2,1-2H3,(H,25,28). The Balaban J connectivity index is 1.59. The van der Waals surface area contributed by atoms with E-state index in [9.17, 15) is 14.4 Å². The lowest BCUT2D eigenvalue weighted by atomic mass is 9.86. The summed E-state index contributed by atoms with van der Waals surface area (Å²) in [6.45, 7) is 4.21. The zero-order chi connectivity index (χ0) is 22.7. The maximum atomic E-state index is 13.4.